The molecule has 160 valence electrons. The number of carbonyl (C=O) groups excluding carboxylic acids is 2. The zero-order valence-corrected chi connectivity index (χ0v) is 20.3. The van der Waals surface area contributed by atoms with Crippen LogP contribution in [0.4, 0.5) is 0 Å². The van der Waals surface area contributed by atoms with E-state index in [9.17, 15) is 9.59 Å². The fourth-order valence-electron chi connectivity index (χ4n) is 3.58. The number of hydrogen-bond acceptors (Lipinski definition) is 5. The number of carbonyl (C=O) groups is 2. The van der Waals surface area contributed by atoms with E-state index in [1.807, 2.05) is 39.8 Å². The van der Waals surface area contributed by atoms with Crippen LogP contribution in [-0.4, -0.2) is 27.1 Å². The van der Waals surface area contributed by atoms with Crippen LogP contribution in [0.1, 0.15) is 39.7 Å². The smallest absolute Gasteiger partial charge is 0.315 e. The molecular formula is C22H23Cl2NO3S2. The zero-order valence-electron chi connectivity index (χ0n) is 17.1. The van der Waals surface area contributed by atoms with Gasteiger partial charge in [0.1, 0.15) is 14.6 Å². The minimum absolute atomic E-state index is 0.0401. The molecule has 8 heteroatoms. The Morgan fingerprint density at radius 1 is 1.33 bits per heavy atom. The van der Waals surface area contributed by atoms with E-state index in [1.54, 1.807) is 29.2 Å². The normalized spacial score (nSPS) is 24.7. The lowest BCUT2D eigenvalue weighted by Crippen LogP contribution is -2.36. The number of thiocarbonyl (C=S) groups is 1. The second-order valence-electron chi connectivity index (χ2n) is 8.08. The lowest BCUT2D eigenvalue weighted by molar-refractivity contribution is -0.136. The number of thioether (sulfide) groups is 1. The number of nitrogens with zero attached hydrogens (tertiary/aromatic N) is 1. The van der Waals surface area contributed by atoms with Gasteiger partial charge in [-0.1, -0.05) is 80.1 Å². The number of esters is 1. The maximum absolute atomic E-state index is 12.6. The fraction of sp³-hybridized carbons (Fsp3) is 0.409. The molecule has 3 atom stereocenters. The number of amides is 1. The summed E-state index contributed by atoms with van der Waals surface area (Å²) in [5.41, 5.74) is 0.595. The summed E-state index contributed by atoms with van der Waals surface area (Å²) in [4.78, 5) is 27.4. The first-order chi connectivity index (χ1) is 14.1. The van der Waals surface area contributed by atoms with E-state index in [1.165, 1.54) is 11.8 Å². The van der Waals surface area contributed by atoms with Crippen LogP contribution in [0.2, 0.25) is 0 Å². The molecule has 1 heterocycles. The summed E-state index contributed by atoms with van der Waals surface area (Å²) in [7, 11) is 0. The van der Waals surface area contributed by atoms with Crippen molar-refractivity contribution in [3.63, 3.8) is 0 Å². The molecule has 0 bridgehead atoms. The predicted molar refractivity (Wildman–Crippen MR) is 127 cm³/mol. The lowest BCUT2D eigenvalue weighted by Gasteiger charge is -2.21. The molecule has 1 aromatic carbocycles. The van der Waals surface area contributed by atoms with Gasteiger partial charge in [-0.2, -0.15) is 0 Å². The lowest BCUT2D eigenvalue weighted by atomic mass is 10.1. The second kappa shape index (κ2) is 9.03. The first-order valence-corrected chi connectivity index (χ1v) is 11.7. The molecule has 30 heavy (non-hydrogen) atoms. The summed E-state index contributed by atoms with van der Waals surface area (Å²) >= 11 is 18.2. The number of rotatable bonds is 6. The highest BCUT2D eigenvalue weighted by Crippen LogP contribution is 2.60. The van der Waals surface area contributed by atoms with Gasteiger partial charge in [0.05, 0.1) is 10.8 Å². The summed E-state index contributed by atoms with van der Waals surface area (Å²) in [6.07, 6.45) is 4.33. The highest BCUT2D eigenvalue weighted by molar-refractivity contribution is 8.26. The van der Waals surface area contributed by atoms with E-state index in [2.05, 4.69) is 0 Å². The molecule has 1 aliphatic heterocycles. The fourth-order valence-corrected chi connectivity index (χ4v) is 5.31. The number of hydrogen-bond donors (Lipinski definition) is 0. The summed E-state index contributed by atoms with van der Waals surface area (Å²) in [5, 5.41) is 0. The van der Waals surface area contributed by atoms with E-state index in [-0.39, 0.29) is 39.7 Å². The van der Waals surface area contributed by atoms with Crippen LogP contribution in [0, 0.1) is 17.3 Å². The van der Waals surface area contributed by atoms with Gasteiger partial charge in [-0.05, 0) is 54.5 Å². The van der Waals surface area contributed by atoms with Crippen molar-refractivity contribution in [1.82, 2.24) is 4.90 Å². The summed E-state index contributed by atoms with van der Waals surface area (Å²) in [6.45, 7) is 7.98. The maximum Gasteiger partial charge on any atom is 0.315 e. The van der Waals surface area contributed by atoms with E-state index < -0.39 is 0 Å². The van der Waals surface area contributed by atoms with E-state index in [0.29, 0.717) is 15.0 Å². The van der Waals surface area contributed by atoms with Gasteiger partial charge >= 0.3 is 5.97 Å². The molecule has 2 fully saturated rings. The average molecular weight is 484 g/mol. The molecule has 1 aromatic rings. The van der Waals surface area contributed by atoms with Gasteiger partial charge in [0.2, 0.25) is 0 Å². The van der Waals surface area contributed by atoms with Crippen molar-refractivity contribution in [2.45, 2.75) is 40.2 Å². The Kier molecular flexibility index (Phi) is 7.02. The summed E-state index contributed by atoms with van der Waals surface area (Å²) in [5.74, 6) is -0.249. The minimum Gasteiger partial charge on any atom is -0.426 e. The van der Waals surface area contributed by atoms with Gasteiger partial charge in [0.15, 0.2) is 0 Å². The quantitative estimate of drug-likeness (QED) is 0.209. The molecule has 1 saturated carbocycles. The second-order valence-corrected chi connectivity index (χ2v) is 10.8. The van der Waals surface area contributed by atoms with Crippen molar-refractivity contribution in [1.29, 1.82) is 0 Å². The minimum atomic E-state index is -0.307. The largest absolute Gasteiger partial charge is 0.426 e. The van der Waals surface area contributed by atoms with Gasteiger partial charge < -0.3 is 4.74 Å². The van der Waals surface area contributed by atoms with Crippen LogP contribution in [0.5, 0.6) is 5.75 Å². The zero-order chi connectivity index (χ0) is 22.2. The van der Waals surface area contributed by atoms with Crippen LogP contribution in [-0.2, 0) is 9.59 Å². The van der Waals surface area contributed by atoms with Crippen molar-refractivity contribution in [3.8, 4) is 5.75 Å². The van der Waals surface area contributed by atoms with Crippen molar-refractivity contribution in [3.05, 3.63) is 45.3 Å². The third-order valence-corrected chi connectivity index (χ3v) is 7.30. The molecule has 0 aromatic heterocycles. The Labute approximate surface area is 196 Å². The van der Waals surface area contributed by atoms with Crippen LogP contribution in [0.25, 0.3) is 6.08 Å². The van der Waals surface area contributed by atoms with Crippen LogP contribution in [0.15, 0.2) is 39.7 Å². The van der Waals surface area contributed by atoms with Crippen LogP contribution in [0.3, 0.4) is 0 Å². The molecule has 2 aliphatic rings. The Bertz CT molecular complexity index is 936. The Morgan fingerprint density at radius 2 is 1.97 bits per heavy atom. The third-order valence-electron chi connectivity index (χ3n) is 5.72. The monoisotopic (exact) mass is 483 g/mol. The van der Waals surface area contributed by atoms with Crippen molar-refractivity contribution < 1.29 is 14.3 Å². The first-order valence-electron chi connectivity index (χ1n) is 9.68. The topological polar surface area (TPSA) is 46.6 Å². The molecule has 1 aliphatic carbocycles. The Balaban J connectivity index is 1.67. The molecule has 0 spiro atoms. The van der Waals surface area contributed by atoms with Crippen LogP contribution < -0.4 is 4.74 Å². The van der Waals surface area contributed by atoms with E-state index >= 15 is 0 Å². The standard InChI is InChI=1S/C22H23Cl2NO3S2/c1-5-12(2)25-19(26)16(30-21(25)29)10-13-6-8-14(9-7-13)28-20(27)18-15(11-17(23)24)22(18,3)4/h6-12,15,18H,5H2,1-4H3/b16-10+/t12-,15+,18+/m1/s1. The van der Waals surface area contributed by atoms with E-state index in [0.717, 1.165) is 12.0 Å². The van der Waals surface area contributed by atoms with Crippen molar-refractivity contribution in [2.75, 3.05) is 0 Å². The van der Waals surface area contributed by atoms with Gasteiger partial charge in [-0.15, -0.1) is 0 Å². The molecule has 0 N–H and O–H groups in total. The van der Waals surface area contributed by atoms with E-state index in [4.69, 9.17) is 40.2 Å². The Hall–Kier alpha value is -1.34. The summed E-state index contributed by atoms with van der Waals surface area (Å²) < 4.78 is 6.28. The number of allylic oxidation sites excluding steroid dienone is 1. The van der Waals surface area contributed by atoms with Crippen molar-refractivity contribution >= 4 is 69.5 Å². The maximum atomic E-state index is 12.6. The van der Waals surface area contributed by atoms with Gasteiger partial charge in [0, 0.05) is 6.04 Å². The highest BCUT2D eigenvalue weighted by Gasteiger charge is 2.61. The summed E-state index contributed by atoms with van der Waals surface area (Å²) in [6, 6.07) is 7.12. The highest BCUT2D eigenvalue weighted by atomic mass is 35.5. The van der Waals surface area contributed by atoms with Gasteiger partial charge in [-0.25, -0.2) is 0 Å². The predicted octanol–water partition coefficient (Wildman–Crippen LogP) is 6.18. The molecule has 1 amide bonds. The molecule has 1 saturated heterocycles. The SMILES string of the molecule is CC[C@@H](C)N1C(=O)/C(=C\c2ccc(OC(=O)[C@@H]3[C@H](C=C(Cl)Cl)C3(C)C)cc2)SC1=S. The van der Waals surface area contributed by atoms with Gasteiger partial charge in [-0.3, -0.25) is 14.5 Å². The number of halogens is 2. The van der Waals surface area contributed by atoms with Crippen molar-refractivity contribution in [2.24, 2.45) is 17.3 Å². The number of benzene rings is 1. The molecule has 0 radical (unpaired) electrons. The first kappa shape index (κ1) is 23.3. The molecule has 3 rings (SSSR count). The average Bonchev–Trinajstić information content (AvgIpc) is 3.08. The molecule has 4 nitrogen and oxygen atoms in total. The molecular weight excluding hydrogens is 461 g/mol. The molecule has 0 unspecified atom stereocenters. The number of ether oxygens (including phenoxy) is 1. The third kappa shape index (κ3) is 4.77. The van der Waals surface area contributed by atoms with Gasteiger partial charge in [0.25, 0.3) is 5.91 Å². The van der Waals surface area contributed by atoms with Crippen LogP contribution >= 0.6 is 47.2 Å². The Morgan fingerprint density at radius 3 is 2.53 bits per heavy atom.